The minimum absolute atomic E-state index is 0.0336. The molecular weight excluding hydrogens is 318 g/mol. The highest BCUT2D eigenvalue weighted by Gasteiger charge is 2.35. The zero-order valence-corrected chi connectivity index (χ0v) is 12.9. The van der Waals surface area contributed by atoms with Gasteiger partial charge >= 0.3 is 5.97 Å². The smallest absolute Gasteiger partial charge is 0.307 e. The van der Waals surface area contributed by atoms with Gasteiger partial charge in [-0.25, -0.2) is 16.8 Å². The minimum Gasteiger partial charge on any atom is -0.481 e. The van der Waals surface area contributed by atoms with Gasteiger partial charge in [0, 0.05) is 19.3 Å². The lowest BCUT2D eigenvalue weighted by Gasteiger charge is -2.16. The summed E-state index contributed by atoms with van der Waals surface area (Å²) in [5.74, 6) is -1.71. The first-order valence-electron chi connectivity index (χ1n) is 6.15. The number of hydrogen-bond donors (Lipinski definition) is 1. The molecule has 7 nitrogen and oxygen atoms in total. The number of aliphatic carboxylic acids is 1. The zero-order chi connectivity index (χ0) is 15.8. The number of rotatable bonds is 4. The van der Waals surface area contributed by atoms with Crippen LogP contribution in [-0.4, -0.2) is 51.6 Å². The van der Waals surface area contributed by atoms with Crippen LogP contribution in [0.25, 0.3) is 0 Å². The van der Waals surface area contributed by atoms with E-state index in [1.165, 1.54) is 24.3 Å². The maximum absolute atomic E-state index is 12.3. The Morgan fingerprint density at radius 2 is 1.67 bits per heavy atom. The fourth-order valence-corrected chi connectivity index (χ4v) is 4.29. The second-order valence-corrected chi connectivity index (χ2v) is 8.88. The summed E-state index contributed by atoms with van der Waals surface area (Å²) in [5.41, 5.74) is 0. The fraction of sp³-hybridized carbons (Fsp3) is 0.417. The Bertz CT molecular complexity index is 751. The van der Waals surface area contributed by atoms with Gasteiger partial charge in [-0.3, -0.25) is 4.79 Å². The van der Waals surface area contributed by atoms with Crippen LogP contribution in [0.5, 0.6) is 0 Å². The van der Waals surface area contributed by atoms with Crippen LogP contribution in [-0.2, 0) is 24.7 Å². The van der Waals surface area contributed by atoms with Crippen molar-refractivity contribution in [3.8, 4) is 0 Å². The summed E-state index contributed by atoms with van der Waals surface area (Å²) in [4.78, 5) is 10.9. The molecule has 0 saturated carbocycles. The highest BCUT2D eigenvalue weighted by Crippen LogP contribution is 2.25. The van der Waals surface area contributed by atoms with Crippen molar-refractivity contribution in [3.05, 3.63) is 24.3 Å². The molecule has 0 aromatic heterocycles. The van der Waals surface area contributed by atoms with E-state index in [0.29, 0.717) is 0 Å². The molecule has 1 atom stereocenters. The molecule has 1 unspecified atom stereocenters. The predicted molar refractivity (Wildman–Crippen MR) is 74.1 cm³/mol. The summed E-state index contributed by atoms with van der Waals surface area (Å²) in [6.45, 7) is 0.0820. The highest BCUT2D eigenvalue weighted by atomic mass is 32.2. The average molecular weight is 333 g/mol. The second-order valence-electron chi connectivity index (χ2n) is 4.93. The van der Waals surface area contributed by atoms with Crippen molar-refractivity contribution in [2.45, 2.75) is 16.2 Å². The van der Waals surface area contributed by atoms with Gasteiger partial charge in [0.2, 0.25) is 10.0 Å². The summed E-state index contributed by atoms with van der Waals surface area (Å²) >= 11 is 0. The molecule has 0 radical (unpaired) electrons. The molecule has 2 rings (SSSR count). The lowest BCUT2D eigenvalue weighted by Crippen LogP contribution is -2.30. The fourth-order valence-electron chi connectivity index (χ4n) is 2.16. The molecule has 0 spiro atoms. The van der Waals surface area contributed by atoms with Crippen molar-refractivity contribution >= 4 is 25.8 Å². The standard InChI is InChI=1S/C12H15NO6S2/c1-20(16,17)10-2-4-11(5-3-10)21(18,19)13-7-6-9(8-13)12(14)15/h2-5,9H,6-8H2,1H3,(H,14,15). The van der Waals surface area contributed by atoms with E-state index in [9.17, 15) is 21.6 Å². The van der Waals surface area contributed by atoms with Crippen LogP contribution in [0.3, 0.4) is 0 Å². The van der Waals surface area contributed by atoms with Crippen LogP contribution in [0.2, 0.25) is 0 Å². The third-order valence-corrected chi connectivity index (χ3v) is 6.40. The van der Waals surface area contributed by atoms with E-state index in [4.69, 9.17) is 5.11 Å². The number of benzene rings is 1. The normalized spacial score (nSPS) is 20.5. The van der Waals surface area contributed by atoms with E-state index < -0.39 is 31.7 Å². The molecular formula is C12H15NO6S2. The van der Waals surface area contributed by atoms with Crippen molar-refractivity contribution in [2.75, 3.05) is 19.3 Å². The molecule has 1 saturated heterocycles. The van der Waals surface area contributed by atoms with Gasteiger partial charge in [0.25, 0.3) is 0 Å². The number of sulfone groups is 1. The predicted octanol–water partition coefficient (Wildman–Crippen LogP) is 0.185. The maximum atomic E-state index is 12.3. The third-order valence-electron chi connectivity index (χ3n) is 3.39. The van der Waals surface area contributed by atoms with Gasteiger partial charge < -0.3 is 5.11 Å². The topological polar surface area (TPSA) is 109 Å². The Hall–Kier alpha value is -1.45. The first kappa shape index (κ1) is 15.9. The Balaban J connectivity index is 2.27. The van der Waals surface area contributed by atoms with Crippen LogP contribution in [0, 0.1) is 5.92 Å². The number of carbonyl (C=O) groups is 1. The van der Waals surface area contributed by atoms with Crippen molar-refractivity contribution in [1.29, 1.82) is 0 Å². The second kappa shape index (κ2) is 5.39. The summed E-state index contributed by atoms with van der Waals surface area (Å²) in [5, 5.41) is 8.91. The van der Waals surface area contributed by atoms with Crippen LogP contribution in [0.15, 0.2) is 34.1 Å². The van der Waals surface area contributed by atoms with Crippen molar-refractivity contribution in [3.63, 3.8) is 0 Å². The van der Waals surface area contributed by atoms with Crippen LogP contribution >= 0.6 is 0 Å². The summed E-state index contributed by atoms with van der Waals surface area (Å²) < 4.78 is 48.5. The molecule has 1 N–H and O–H groups in total. The van der Waals surface area contributed by atoms with Gasteiger partial charge in [-0.05, 0) is 30.7 Å². The van der Waals surface area contributed by atoms with Crippen molar-refractivity contribution < 1.29 is 26.7 Å². The van der Waals surface area contributed by atoms with E-state index in [-0.39, 0.29) is 29.3 Å². The first-order valence-corrected chi connectivity index (χ1v) is 9.48. The lowest BCUT2D eigenvalue weighted by atomic mass is 10.1. The Labute approximate surface area is 123 Å². The molecule has 1 aliphatic rings. The molecule has 0 aliphatic carbocycles. The number of carboxylic acids is 1. The molecule has 1 aromatic rings. The SMILES string of the molecule is CS(=O)(=O)c1ccc(S(=O)(=O)N2CCC(C(=O)O)C2)cc1. The van der Waals surface area contributed by atoms with E-state index in [2.05, 4.69) is 0 Å². The van der Waals surface area contributed by atoms with E-state index in [1.807, 2.05) is 0 Å². The lowest BCUT2D eigenvalue weighted by molar-refractivity contribution is -0.141. The molecule has 116 valence electrons. The van der Waals surface area contributed by atoms with Crippen molar-refractivity contribution in [2.24, 2.45) is 5.92 Å². The number of hydrogen-bond acceptors (Lipinski definition) is 5. The van der Waals surface area contributed by atoms with E-state index in [0.717, 1.165) is 10.6 Å². The average Bonchev–Trinajstić information content (AvgIpc) is 2.88. The maximum Gasteiger partial charge on any atom is 0.307 e. The molecule has 0 amide bonds. The van der Waals surface area contributed by atoms with Crippen LogP contribution in [0.4, 0.5) is 0 Å². The number of nitrogens with zero attached hydrogens (tertiary/aromatic N) is 1. The molecule has 1 aliphatic heterocycles. The van der Waals surface area contributed by atoms with Gasteiger partial charge in [0.15, 0.2) is 9.84 Å². The molecule has 1 aromatic carbocycles. The summed E-state index contributed by atoms with van der Waals surface area (Å²) in [7, 11) is -7.18. The van der Waals surface area contributed by atoms with Gasteiger partial charge in [0.1, 0.15) is 0 Å². The van der Waals surface area contributed by atoms with Gasteiger partial charge in [-0.2, -0.15) is 4.31 Å². The van der Waals surface area contributed by atoms with Crippen LogP contribution in [0.1, 0.15) is 6.42 Å². The monoisotopic (exact) mass is 333 g/mol. The van der Waals surface area contributed by atoms with Gasteiger partial charge in [-0.15, -0.1) is 0 Å². The van der Waals surface area contributed by atoms with Gasteiger partial charge in [-0.1, -0.05) is 0 Å². The molecule has 9 heteroatoms. The zero-order valence-electron chi connectivity index (χ0n) is 11.3. The van der Waals surface area contributed by atoms with E-state index in [1.54, 1.807) is 0 Å². The molecule has 0 bridgehead atoms. The third kappa shape index (κ3) is 3.25. The molecule has 21 heavy (non-hydrogen) atoms. The largest absolute Gasteiger partial charge is 0.481 e. The van der Waals surface area contributed by atoms with E-state index >= 15 is 0 Å². The number of sulfonamides is 1. The van der Waals surface area contributed by atoms with Crippen molar-refractivity contribution in [1.82, 2.24) is 4.31 Å². The van der Waals surface area contributed by atoms with Gasteiger partial charge in [0.05, 0.1) is 15.7 Å². The Morgan fingerprint density at radius 1 is 1.14 bits per heavy atom. The highest BCUT2D eigenvalue weighted by molar-refractivity contribution is 7.90. The quantitative estimate of drug-likeness (QED) is 0.842. The Morgan fingerprint density at radius 3 is 2.10 bits per heavy atom. The van der Waals surface area contributed by atoms with Crippen LogP contribution < -0.4 is 0 Å². The molecule has 1 heterocycles. The summed E-state index contributed by atoms with van der Waals surface area (Å²) in [6.07, 6.45) is 1.31. The summed E-state index contributed by atoms with van der Waals surface area (Å²) in [6, 6.07) is 4.90. The minimum atomic E-state index is -3.79. The Kier molecular flexibility index (Phi) is 4.09. The number of carboxylic acid groups (broad SMARTS) is 1. The first-order chi connectivity index (χ1) is 9.62. The molecule has 1 fully saturated rings.